The maximum atomic E-state index is 4.35. The van der Waals surface area contributed by atoms with E-state index >= 15 is 0 Å². The maximum absolute atomic E-state index is 4.35. The Bertz CT molecular complexity index is 554. The molecule has 2 aromatic carbocycles. The normalized spacial score (nSPS) is 10.2. The number of nitrogens with zero attached hydrogens (tertiary/aromatic N) is 1. The minimum Gasteiger partial charge on any atom is -0.256 e. The van der Waals surface area contributed by atoms with E-state index in [0.29, 0.717) is 0 Å². The molecule has 1 radical (unpaired) electrons. The molecule has 0 bridgehead atoms. The number of benzene rings is 2. The predicted octanol–water partition coefficient (Wildman–Crippen LogP) is 4.22. The molecule has 0 aliphatic carbocycles. The molecule has 1 heteroatoms. The first kappa shape index (κ1) is 10.7. The van der Waals surface area contributed by atoms with E-state index in [1.807, 2.05) is 36.5 Å². The Morgan fingerprint density at radius 2 is 1.33 bits per heavy atom. The first-order chi connectivity index (χ1) is 8.93. The van der Waals surface area contributed by atoms with Crippen molar-refractivity contribution in [3.63, 3.8) is 0 Å². The topological polar surface area (TPSA) is 12.9 Å². The summed E-state index contributed by atoms with van der Waals surface area (Å²) in [7, 11) is 0. The smallest absolute Gasteiger partial charge is 0.0701 e. The Balaban J connectivity index is 1.95. The number of aromatic nitrogens is 1. The van der Waals surface area contributed by atoms with Crippen molar-refractivity contribution in [1.82, 2.24) is 4.98 Å². The summed E-state index contributed by atoms with van der Waals surface area (Å²) < 4.78 is 0. The van der Waals surface area contributed by atoms with E-state index in [4.69, 9.17) is 0 Å². The number of hydrogen-bond donors (Lipinski definition) is 0. The van der Waals surface area contributed by atoms with Crippen molar-refractivity contribution >= 4 is 0 Å². The van der Waals surface area contributed by atoms with Gasteiger partial charge in [-0.15, -0.1) is 0 Å². The van der Waals surface area contributed by atoms with E-state index in [0.717, 1.165) is 11.3 Å². The Hall–Kier alpha value is -2.41. The van der Waals surface area contributed by atoms with Crippen LogP contribution in [0.4, 0.5) is 0 Å². The molecule has 0 aliphatic heterocycles. The average Bonchev–Trinajstić information content (AvgIpc) is 2.49. The summed E-state index contributed by atoms with van der Waals surface area (Å²) in [5.74, 6) is 0. The molecule has 1 aromatic heterocycles. The van der Waals surface area contributed by atoms with Gasteiger partial charge >= 0.3 is 0 Å². The first-order valence-electron chi connectivity index (χ1n) is 5.91. The molecule has 18 heavy (non-hydrogen) atoms. The van der Waals surface area contributed by atoms with Crippen LogP contribution in [-0.2, 0) is 0 Å². The second-order valence-corrected chi connectivity index (χ2v) is 4.08. The lowest BCUT2D eigenvalue weighted by atomic mass is 10.0. The summed E-state index contributed by atoms with van der Waals surface area (Å²) in [6, 6.07) is 25.4. The fourth-order valence-electron chi connectivity index (χ4n) is 1.95. The lowest BCUT2D eigenvalue weighted by molar-refractivity contribution is 1.33. The van der Waals surface area contributed by atoms with E-state index in [9.17, 15) is 0 Å². The van der Waals surface area contributed by atoms with Gasteiger partial charge < -0.3 is 0 Å². The number of pyridine rings is 1. The lowest BCUT2D eigenvalue weighted by Gasteiger charge is -2.03. The van der Waals surface area contributed by atoms with Crippen molar-refractivity contribution in [2.24, 2.45) is 0 Å². The van der Waals surface area contributed by atoms with Gasteiger partial charge in [-0.2, -0.15) is 0 Å². The van der Waals surface area contributed by atoms with Crippen LogP contribution in [0.2, 0.25) is 0 Å². The van der Waals surface area contributed by atoms with Gasteiger partial charge in [0, 0.05) is 11.8 Å². The largest absolute Gasteiger partial charge is 0.256 e. The van der Waals surface area contributed by atoms with Crippen LogP contribution < -0.4 is 0 Å². The van der Waals surface area contributed by atoms with Crippen LogP contribution >= 0.6 is 0 Å². The zero-order valence-electron chi connectivity index (χ0n) is 9.88. The molecule has 0 aliphatic rings. The van der Waals surface area contributed by atoms with Crippen molar-refractivity contribution in [1.29, 1.82) is 0 Å². The molecule has 0 spiro atoms. The molecule has 1 heterocycles. The van der Waals surface area contributed by atoms with Crippen molar-refractivity contribution < 1.29 is 0 Å². The van der Waals surface area contributed by atoms with Gasteiger partial charge in [0.2, 0.25) is 0 Å². The van der Waals surface area contributed by atoms with E-state index in [1.165, 1.54) is 11.1 Å². The van der Waals surface area contributed by atoms with E-state index in [1.54, 1.807) is 0 Å². The molecule has 0 fully saturated rings. The molecule has 1 nitrogen and oxygen atoms in total. The fraction of sp³-hybridized carbons (Fsp3) is 0. The molecule has 85 valence electrons. The molecular weight excluding hydrogens is 218 g/mol. The van der Waals surface area contributed by atoms with Crippen LogP contribution in [0.1, 0.15) is 0 Å². The van der Waals surface area contributed by atoms with Gasteiger partial charge in [0.25, 0.3) is 0 Å². The number of rotatable bonds is 2. The highest BCUT2D eigenvalue weighted by Gasteiger charge is 1.99. The zero-order valence-corrected chi connectivity index (χ0v) is 9.88. The van der Waals surface area contributed by atoms with Crippen LogP contribution in [0, 0.1) is 6.07 Å². The van der Waals surface area contributed by atoms with E-state index < -0.39 is 0 Å². The third kappa shape index (κ3) is 2.16. The second-order valence-electron chi connectivity index (χ2n) is 4.08. The Morgan fingerprint density at radius 1 is 0.667 bits per heavy atom. The van der Waals surface area contributed by atoms with Crippen molar-refractivity contribution in [2.45, 2.75) is 0 Å². The van der Waals surface area contributed by atoms with Gasteiger partial charge in [-0.1, -0.05) is 54.6 Å². The standard InChI is InChI=1S/C17H12N/c1-2-6-14(7-3-1)15-9-11-16(12-10-15)17-8-4-5-13-18-17/h2-13H. The predicted molar refractivity (Wildman–Crippen MR) is 73.9 cm³/mol. The van der Waals surface area contributed by atoms with Crippen molar-refractivity contribution in [3.05, 3.63) is 79.0 Å². The first-order valence-corrected chi connectivity index (χ1v) is 5.91. The summed E-state index contributed by atoms with van der Waals surface area (Å²) in [4.78, 5) is 4.35. The molecule has 0 amide bonds. The van der Waals surface area contributed by atoms with Gasteiger partial charge in [-0.05, 0) is 29.3 Å². The van der Waals surface area contributed by atoms with Gasteiger partial charge in [0.05, 0.1) is 5.69 Å². The van der Waals surface area contributed by atoms with Crippen LogP contribution in [-0.4, -0.2) is 4.98 Å². The zero-order chi connectivity index (χ0) is 12.2. The van der Waals surface area contributed by atoms with Crippen LogP contribution in [0.5, 0.6) is 0 Å². The highest BCUT2D eigenvalue weighted by Crippen LogP contribution is 2.23. The Labute approximate surface area is 107 Å². The summed E-state index contributed by atoms with van der Waals surface area (Å²) in [6.45, 7) is 0. The van der Waals surface area contributed by atoms with Gasteiger partial charge in [0.1, 0.15) is 0 Å². The summed E-state index contributed by atoms with van der Waals surface area (Å²) in [5.41, 5.74) is 4.57. The van der Waals surface area contributed by atoms with Crippen molar-refractivity contribution in [3.8, 4) is 22.4 Å². The number of hydrogen-bond acceptors (Lipinski definition) is 1. The summed E-state index contributed by atoms with van der Waals surface area (Å²) in [5, 5.41) is 0. The molecule has 0 saturated carbocycles. The van der Waals surface area contributed by atoms with Gasteiger partial charge in [0.15, 0.2) is 0 Å². The molecule has 0 saturated heterocycles. The van der Waals surface area contributed by atoms with Crippen LogP contribution in [0.3, 0.4) is 0 Å². The monoisotopic (exact) mass is 230 g/mol. The van der Waals surface area contributed by atoms with Crippen LogP contribution in [0.25, 0.3) is 22.4 Å². The minimum absolute atomic E-state index is 1.01. The molecule has 3 rings (SSSR count). The molecular formula is C17H12N. The van der Waals surface area contributed by atoms with Gasteiger partial charge in [-0.3, -0.25) is 4.98 Å². The lowest BCUT2D eigenvalue weighted by Crippen LogP contribution is -1.82. The van der Waals surface area contributed by atoms with E-state index in [-0.39, 0.29) is 0 Å². The molecule has 0 unspecified atom stereocenters. The van der Waals surface area contributed by atoms with E-state index in [2.05, 4.69) is 47.4 Å². The van der Waals surface area contributed by atoms with Gasteiger partial charge in [-0.25, -0.2) is 0 Å². The molecule has 0 N–H and O–H groups in total. The SMILES string of the molecule is [c]1ccc(-c2ccc(-c3ccccn3)cc2)cc1. The highest BCUT2D eigenvalue weighted by atomic mass is 14.7. The summed E-state index contributed by atoms with van der Waals surface area (Å²) in [6.07, 6.45) is 1.82. The fourth-order valence-corrected chi connectivity index (χ4v) is 1.95. The third-order valence-corrected chi connectivity index (χ3v) is 2.90. The molecule has 3 aromatic rings. The second kappa shape index (κ2) is 4.84. The summed E-state index contributed by atoms with van der Waals surface area (Å²) >= 11 is 0. The van der Waals surface area contributed by atoms with Crippen LogP contribution in [0.15, 0.2) is 72.9 Å². The quantitative estimate of drug-likeness (QED) is 0.642. The van der Waals surface area contributed by atoms with Crippen molar-refractivity contribution in [2.75, 3.05) is 0 Å². The third-order valence-electron chi connectivity index (χ3n) is 2.90. The minimum atomic E-state index is 1.01. The highest BCUT2D eigenvalue weighted by molar-refractivity contribution is 5.68. The Morgan fingerprint density at radius 3 is 2.00 bits per heavy atom. The molecule has 0 atom stereocenters. The average molecular weight is 230 g/mol. The Kier molecular flexibility index (Phi) is 2.89. The maximum Gasteiger partial charge on any atom is 0.0701 e.